The number of hydrogen-bond acceptors (Lipinski definition) is 3. The molecule has 19 heavy (non-hydrogen) atoms. The molecule has 1 N–H and O–H groups in total. The minimum absolute atomic E-state index is 0.304. The predicted octanol–water partition coefficient (Wildman–Crippen LogP) is 4.39. The average molecular weight is 295 g/mol. The molecule has 0 aliphatic heterocycles. The van der Waals surface area contributed by atoms with E-state index in [-0.39, 0.29) is 0 Å². The van der Waals surface area contributed by atoms with E-state index in [2.05, 4.69) is 35.4 Å². The van der Waals surface area contributed by atoms with E-state index in [0.29, 0.717) is 6.04 Å². The molecule has 1 aromatic carbocycles. The van der Waals surface area contributed by atoms with Gasteiger partial charge in [0.15, 0.2) is 0 Å². The van der Waals surface area contributed by atoms with Crippen molar-refractivity contribution in [3.63, 3.8) is 0 Å². The van der Waals surface area contributed by atoms with E-state index in [1.54, 1.807) is 11.3 Å². The third kappa shape index (κ3) is 4.03. The normalized spacial score (nSPS) is 12.6. The van der Waals surface area contributed by atoms with E-state index in [0.717, 1.165) is 30.0 Å². The van der Waals surface area contributed by atoms with Gasteiger partial charge in [-0.2, -0.15) is 0 Å². The average Bonchev–Trinajstić information content (AvgIpc) is 2.91. The minimum Gasteiger partial charge on any atom is -0.310 e. The summed E-state index contributed by atoms with van der Waals surface area (Å²) in [7, 11) is 0. The van der Waals surface area contributed by atoms with Crippen LogP contribution in [-0.4, -0.2) is 11.5 Å². The Bertz CT molecular complexity index is 511. The second-order valence-corrected chi connectivity index (χ2v) is 6.07. The number of aromatic nitrogens is 1. The van der Waals surface area contributed by atoms with Crippen LogP contribution in [0.1, 0.15) is 35.4 Å². The summed E-state index contributed by atoms with van der Waals surface area (Å²) in [5, 5.41) is 4.43. The molecule has 2 aromatic rings. The number of rotatable bonds is 6. The third-order valence-electron chi connectivity index (χ3n) is 3.13. The summed E-state index contributed by atoms with van der Waals surface area (Å²) in [6.07, 6.45) is 4.03. The molecule has 0 fully saturated rings. The van der Waals surface area contributed by atoms with Gasteiger partial charge >= 0.3 is 0 Å². The van der Waals surface area contributed by atoms with Crippen LogP contribution in [0.2, 0.25) is 5.02 Å². The first-order chi connectivity index (χ1) is 9.20. The molecule has 1 heterocycles. The minimum atomic E-state index is 0.304. The Morgan fingerprint density at radius 1 is 1.42 bits per heavy atom. The molecule has 2 nitrogen and oxygen atoms in total. The lowest BCUT2D eigenvalue weighted by Crippen LogP contribution is -2.23. The molecule has 0 amide bonds. The number of halogens is 1. The Labute approximate surface area is 123 Å². The molecule has 102 valence electrons. The second-order valence-electron chi connectivity index (χ2n) is 4.69. The first kappa shape index (κ1) is 14.5. The van der Waals surface area contributed by atoms with Crippen molar-refractivity contribution in [1.82, 2.24) is 10.3 Å². The van der Waals surface area contributed by atoms with Crippen LogP contribution in [0, 0.1) is 6.92 Å². The highest BCUT2D eigenvalue weighted by molar-refractivity contribution is 7.09. The zero-order valence-electron chi connectivity index (χ0n) is 11.3. The van der Waals surface area contributed by atoms with Gasteiger partial charge in [0.1, 0.15) is 0 Å². The van der Waals surface area contributed by atoms with Crippen molar-refractivity contribution in [3.8, 4) is 0 Å². The number of nitrogens with one attached hydrogen (secondary N) is 1. The molecule has 0 spiro atoms. The highest BCUT2D eigenvalue weighted by Crippen LogP contribution is 2.25. The molecular weight excluding hydrogens is 276 g/mol. The van der Waals surface area contributed by atoms with Gasteiger partial charge in [-0.1, -0.05) is 30.7 Å². The summed E-state index contributed by atoms with van der Waals surface area (Å²) in [5.74, 6) is 0. The van der Waals surface area contributed by atoms with Crippen LogP contribution in [0.25, 0.3) is 0 Å². The maximum absolute atomic E-state index is 6.24. The highest BCUT2D eigenvalue weighted by Gasteiger charge is 2.13. The number of thiazole rings is 1. The second kappa shape index (κ2) is 7.04. The number of hydrogen-bond donors (Lipinski definition) is 1. The van der Waals surface area contributed by atoms with Gasteiger partial charge in [0.05, 0.1) is 5.51 Å². The van der Waals surface area contributed by atoms with Gasteiger partial charge in [-0.05, 0) is 37.1 Å². The van der Waals surface area contributed by atoms with Gasteiger partial charge < -0.3 is 5.32 Å². The van der Waals surface area contributed by atoms with E-state index >= 15 is 0 Å². The molecule has 0 bridgehead atoms. The van der Waals surface area contributed by atoms with Crippen molar-refractivity contribution < 1.29 is 0 Å². The quantitative estimate of drug-likeness (QED) is 0.855. The van der Waals surface area contributed by atoms with E-state index in [1.165, 1.54) is 10.4 Å². The fourth-order valence-electron chi connectivity index (χ4n) is 2.00. The summed E-state index contributed by atoms with van der Waals surface area (Å²) in [6, 6.07) is 6.63. The molecular formula is C15H19ClN2S. The zero-order chi connectivity index (χ0) is 13.7. The smallest absolute Gasteiger partial charge is 0.0794 e. The summed E-state index contributed by atoms with van der Waals surface area (Å²) < 4.78 is 0. The lowest BCUT2D eigenvalue weighted by Gasteiger charge is -2.19. The van der Waals surface area contributed by atoms with Gasteiger partial charge in [0.25, 0.3) is 0 Å². The van der Waals surface area contributed by atoms with Gasteiger partial charge in [0, 0.05) is 28.6 Å². The standard InChI is InChI=1S/C15H19ClN2S/c1-3-6-18-15(8-13-9-17-10-19-13)12-5-4-11(2)14(16)7-12/h4-5,7,9-10,15,18H,3,6,8H2,1-2H3. The van der Waals surface area contributed by atoms with Crippen LogP contribution in [0.4, 0.5) is 0 Å². The Morgan fingerprint density at radius 3 is 2.89 bits per heavy atom. The van der Waals surface area contributed by atoms with Crippen molar-refractivity contribution in [3.05, 3.63) is 50.9 Å². The maximum Gasteiger partial charge on any atom is 0.0794 e. The topological polar surface area (TPSA) is 24.9 Å². The van der Waals surface area contributed by atoms with Crippen molar-refractivity contribution in [2.45, 2.75) is 32.7 Å². The van der Waals surface area contributed by atoms with Crippen molar-refractivity contribution in [1.29, 1.82) is 0 Å². The van der Waals surface area contributed by atoms with Crippen LogP contribution >= 0.6 is 22.9 Å². The maximum atomic E-state index is 6.24. The van der Waals surface area contributed by atoms with Crippen LogP contribution in [0.5, 0.6) is 0 Å². The Morgan fingerprint density at radius 2 is 2.26 bits per heavy atom. The van der Waals surface area contributed by atoms with Crippen LogP contribution in [-0.2, 0) is 6.42 Å². The number of nitrogens with zero attached hydrogens (tertiary/aromatic N) is 1. The SMILES string of the molecule is CCCNC(Cc1cncs1)c1ccc(C)c(Cl)c1. The molecule has 1 unspecified atom stereocenters. The van der Waals surface area contributed by atoms with E-state index < -0.39 is 0 Å². The monoisotopic (exact) mass is 294 g/mol. The summed E-state index contributed by atoms with van der Waals surface area (Å²) in [6.45, 7) is 5.22. The molecule has 0 saturated heterocycles. The third-order valence-corrected chi connectivity index (χ3v) is 4.34. The van der Waals surface area contributed by atoms with E-state index in [9.17, 15) is 0 Å². The van der Waals surface area contributed by atoms with Gasteiger partial charge in [-0.15, -0.1) is 11.3 Å². The van der Waals surface area contributed by atoms with Crippen molar-refractivity contribution in [2.24, 2.45) is 0 Å². The predicted molar refractivity (Wildman–Crippen MR) is 83.0 cm³/mol. The lowest BCUT2D eigenvalue weighted by molar-refractivity contribution is 0.532. The first-order valence-electron chi connectivity index (χ1n) is 6.57. The molecule has 2 rings (SSSR count). The Hall–Kier alpha value is -0.900. The van der Waals surface area contributed by atoms with Crippen molar-refractivity contribution in [2.75, 3.05) is 6.54 Å². The fraction of sp³-hybridized carbons (Fsp3) is 0.400. The van der Waals surface area contributed by atoms with Crippen molar-refractivity contribution >= 4 is 22.9 Å². The summed E-state index contributed by atoms with van der Waals surface area (Å²) >= 11 is 7.94. The van der Waals surface area contributed by atoms with E-state index in [1.807, 2.05) is 18.6 Å². The summed E-state index contributed by atoms with van der Waals surface area (Å²) in [4.78, 5) is 5.44. The molecule has 4 heteroatoms. The molecule has 0 saturated carbocycles. The molecule has 1 atom stereocenters. The molecule has 1 aromatic heterocycles. The lowest BCUT2D eigenvalue weighted by atomic mass is 10.0. The largest absolute Gasteiger partial charge is 0.310 e. The number of benzene rings is 1. The highest BCUT2D eigenvalue weighted by atomic mass is 35.5. The van der Waals surface area contributed by atoms with Crippen LogP contribution in [0.3, 0.4) is 0 Å². The molecule has 0 radical (unpaired) electrons. The Kier molecular flexibility index (Phi) is 5.37. The molecule has 0 aliphatic rings. The number of aryl methyl sites for hydroxylation is 1. The van der Waals surface area contributed by atoms with E-state index in [4.69, 9.17) is 11.6 Å². The van der Waals surface area contributed by atoms with Crippen LogP contribution < -0.4 is 5.32 Å². The first-order valence-corrected chi connectivity index (χ1v) is 7.83. The van der Waals surface area contributed by atoms with Gasteiger partial charge in [0.2, 0.25) is 0 Å². The van der Waals surface area contributed by atoms with Crippen LogP contribution in [0.15, 0.2) is 29.9 Å². The van der Waals surface area contributed by atoms with Gasteiger partial charge in [-0.25, -0.2) is 0 Å². The molecule has 0 aliphatic carbocycles. The zero-order valence-corrected chi connectivity index (χ0v) is 12.9. The van der Waals surface area contributed by atoms with Gasteiger partial charge in [-0.3, -0.25) is 4.98 Å². The Balaban J connectivity index is 2.18. The summed E-state index contributed by atoms with van der Waals surface area (Å²) in [5.41, 5.74) is 4.25. The fourth-order valence-corrected chi connectivity index (χ4v) is 2.83.